The van der Waals surface area contributed by atoms with Gasteiger partial charge in [-0.3, -0.25) is 14.5 Å². The number of aromatic nitrogens is 5. The minimum Gasteiger partial charge on any atom is -0.294 e. The fourth-order valence-electron chi connectivity index (χ4n) is 6.41. The first kappa shape index (κ1) is 25.3. The van der Waals surface area contributed by atoms with Crippen molar-refractivity contribution in [3.05, 3.63) is 152 Å². The van der Waals surface area contributed by atoms with Gasteiger partial charge in [0.05, 0.1) is 28.1 Å². The molecule has 0 amide bonds. The molecule has 0 aliphatic rings. The van der Waals surface area contributed by atoms with Crippen molar-refractivity contribution in [1.29, 1.82) is 0 Å². The van der Waals surface area contributed by atoms with E-state index >= 15 is 0 Å². The van der Waals surface area contributed by atoms with Gasteiger partial charge in [-0.15, -0.1) is 0 Å². The molecule has 0 saturated heterocycles. The molecular weight excluding hydrogens is 550 g/mol. The van der Waals surface area contributed by atoms with Crippen molar-refractivity contribution < 1.29 is 0 Å². The zero-order valence-corrected chi connectivity index (χ0v) is 24.2. The lowest BCUT2D eigenvalue weighted by atomic mass is 9.97. The molecule has 0 unspecified atom stereocenters. The lowest BCUT2D eigenvalue weighted by Gasteiger charge is -2.12. The van der Waals surface area contributed by atoms with E-state index in [1.165, 1.54) is 21.5 Å². The van der Waals surface area contributed by atoms with Crippen molar-refractivity contribution in [3.63, 3.8) is 0 Å². The van der Waals surface area contributed by atoms with Gasteiger partial charge in [0, 0.05) is 46.7 Å². The molecule has 9 aromatic rings. The monoisotopic (exact) mass is 575 g/mol. The highest BCUT2D eigenvalue weighted by Gasteiger charge is 2.14. The summed E-state index contributed by atoms with van der Waals surface area (Å²) in [4.78, 5) is 19.1. The Morgan fingerprint density at radius 2 is 1.20 bits per heavy atom. The van der Waals surface area contributed by atoms with Gasteiger partial charge in [-0.05, 0) is 81.7 Å². The van der Waals surface area contributed by atoms with Gasteiger partial charge in [0.25, 0.3) is 0 Å². The zero-order valence-electron chi connectivity index (χ0n) is 24.2. The Labute approximate surface area is 259 Å². The van der Waals surface area contributed by atoms with Crippen LogP contribution in [0.3, 0.4) is 0 Å². The summed E-state index contributed by atoms with van der Waals surface area (Å²) in [6.45, 7) is 0. The number of pyridine rings is 4. The van der Waals surface area contributed by atoms with Crippen LogP contribution >= 0.6 is 0 Å². The molecule has 0 bridgehead atoms. The van der Waals surface area contributed by atoms with Gasteiger partial charge < -0.3 is 0 Å². The molecule has 0 N–H and O–H groups in total. The summed E-state index contributed by atoms with van der Waals surface area (Å²) in [5.74, 6) is 0.858. The van der Waals surface area contributed by atoms with E-state index in [4.69, 9.17) is 9.97 Å². The smallest absolute Gasteiger partial charge is 0.137 e. The Morgan fingerprint density at radius 1 is 0.422 bits per heavy atom. The van der Waals surface area contributed by atoms with Crippen LogP contribution < -0.4 is 0 Å². The molecule has 0 atom stereocenters. The van der Waals surface area contributed by atoms with E-state index in [1.807, 2.05) is 49.1 Å². The highest BCUT2D eigenvalue weighted by atomic mass is 15.1. The second kappa shape index (κ2) is 10.2. The molecule has 5 heterocycles. The molecule has 5 heteroatoms. The summed E-state index contributed by atoms with van der Waals surface area (Å²) in [5.41, 5.74) is 7.82. The van der Waals surface area contributed by atoms with E-state index in [2.05, 4.69) is 118 Å². The van der Waals surface area contributed by atoms with Crippen LogP contribution in [0.15, 0.2) is 152 Å². The quantitative estimate of drug-likeness (QED) is 0.196. The second-order valence-electron chi connectivity index (χ2n) is 11.2. The third kappa shape index (κ3) is 4.25. The van der Waals surface area contributed by atoms with Gasteiger partial charge in [0.1, 0.15) is 5.82 Å². The summed E-state index contributed by atoms with van der Waals surface area (Å²) in [7, 11) is 0. The van der Waals surface area contributed by atoms with Crippen LogP contribution in [0, 0.1) is 0 Å². The first-order chi connectivity index (χ1) is 22.3. The van der Waals surface area contributed by atoms with Gasteiger partial charge in [0.15, 0.2) is 0 Å². The normalized spacial score (nSPS) is 11.6. The fourth-order valence-corrected chi connectivity index (χ4v) is 6.41. The number of hydrogen-bond donors (Lipinski definition) is 0. The van der Waals surface area contributed by atoms with Crippen molar-refractivity contribution in [2.75, 3.05) is 0 Å². The van der Waals surface area contributed by atoms with Crippen molar-refractivity contribution in [3.8, 4) is 39.6 Å². The van der Waals surface area contributed by atoms with E-state index in [0.717, 1.165) is 61.4 Å². The topological polar surface area (TPSA) is 56.5 Å². The third-order valence-electron chi connectivity index (χ3n) is 8.58. The lowest BCUT2D eigenvalue weighted by Crippen LogP contribution is -1.98. The lowest BCUT2D eigenvalue weighted by molar-refractivity contribution is 1.08. The Morgan fingerprint density at radius 3 is 2.09 bits per heavy atom. The SMILES string of the molecule is c1ccc(-c2cc(-c3ccc(-n4c5ccccc5c5cnccc54)nc3)cc(-c3ccc4c(ccc5ccccc54)c3)n2)nc1. The Kier molecular flexibility index (Phi) is 5.74. The summed E-state index contributed by atoms with van der Waals surface area (Å²) in [6, 6.07) is 44.3. The molecule has 0 radical (unpaired) electrons. The first-order valence-corrected chi connectivity index (χ1v) is 15.0. The molecule has 0 aliphatic heterocycles. The van der Waals surface area contributed by atoms with Crippen molar-refractivity contribution in [2.24, 2.45) is 0 Å². The predicted octanol–water partition coefficient (Wildman–Crippen LogP) is 9.67. The maximum atomic E-state index is 5.10. The first-order valence-electron chi connectivity index (χ1n) is 15.0. The summed E-state index contributed by atoms with van der Waals surface area (Å²) in [6.07, 6.45) is 7.52. The molecule has 45 heavy (non-hydrogen) atoms. The molecule has 210 valence electrons. The maximum absolute atomic E-state index is 5.10. The molecule has 9 rings (SSSR count). The van der Waals surface area contributed by atoms with Crippen LogP contribution in [0.2, 0.25) is 0 Å². The van der Waals surface area contributed by atoms with Gasteiger partial charge in [-0.25, -0.2) is 9.97 Å². The van der Waals surface area contributed by atoms with E-state index < -0.39 is 0 Å². The number of benzene rings is 4. The number of nitrogens with zero attached hydrogens (tertiary/aromatic N) is 5. The predicted molar refractivity (Wildman–Crippen MR) is 183 cm³/mol. The van der Waals surface area contributed by atoms with Crippen molar-refractivity contribution >= 4 is 43.4 Å². The summed E-state index contributed by atoms with van der Waals surface area (Å²) in [5, 5.41) is 7.19. The van der Waals surface area contributed by atoms with Gasteiger partial charge in [-0.2, -0.15) is 0 Å². The van der Waals surface area contributed by atoms with Crippen molar-refractivity contribution in [1.82, 2.24) is 24.5 Å². The number of para-hydroxylation sites is 1. The maximum Gasteiger partial charge on any atom is 0.137 e. The van der Waals surface area contributed by atoms with E-state index in [9.17, 15) is 0 Å². The molecular formula is C40H25N5. The molecule has 0 aliphatic carbocycles. The Bertz CT molecular complexity index is 2480. The van der Waals surface area contributed by atoms with Crippen LogP contribution in [-0.4, -0.2) is 24.5 Å². The number of hydrogen-bond acceptors (Lipinski definition) is 4. The minimum atomic E-state index is 0.820. The van der Waals surface area contributed by atoms with Gasteiger partial charge in [0.2, 0.25) is 0 Å². The molecule has 5 aromatic heterocycles. The van der Waals surface area contributed by atoms with E-state index in [0.29, 0.717) is 0 Å². The standard InChI is InChI=1S/C40H25N5/c1-2-8-31-26(7-1)12-13-27-21-28(14-16-32(27)31)36-22-30(23-37(44-36)35-10-5-6-19-42-35)29-15-17-40(43-24-29)45-38-11-4-3-9-33(38)34-25-41-20-18-39(34)45/h1-25H. The highest BCUT2D eigenvalue weighted by molar-refractivity contribution is 6.09. The fraction of sp³-hybridized carbons (Fsp3) is 0. The highest BCUT2D eigenvalue weighted by Crippen LogP contribution is 2.34. The van der Waals surface area contributed by atoms with Crippen LogP contribution in [-0.2, 0) is 0 Å². The Balaban J connectivity index is 1.18. The van der Waals surface area contributed by atoms with Crippen LogP contribution in [0.1, 0.15) is 0 Å². The third-order valence-corrected chi connectivity index (χ3v) is 8.58. The van der Waals surface area contributed by atoms with Crippen molar-refractivity contribution in [2.45, 2.75) is 0 Å². The minimum absolute atomic E-state index is 0.820. The number of rotatable bonds is 4. The summed E-state index contributed by atoms with van der Waals surface area (Å²) < 4.78 is 2.20. The van der Waals surface area contributed by atoms with Gasteiger partial charge in [-0.1, -0.05) is 72.8 Å². The zero-order chi connectivity index (χ0) is 29.7. The molecule has 0 fully saturated rings. The van der Waals surface area contributed by atoms with E-state index in [1.54, 1.807) is 0 Å². The Hall–Kier alpha value is -6.20. The van der Waals surface area contributed by atoms with Crippen LogP contribution in [0.25, 0.3) is 82.9 Å². The summed E-state index contributed by atoms with van der Waals surface area (Å²) >= 11 is 0. The molecule has 0 saturated carbocycles. The van der Waals surface area contributed by atoms with Crippen LogP contribution in [0.5, 0.6) is 0 Å². The van der Waals surface area contributed by atoms with E-state index in [-0.39, 0.29) is 0 Å². The second-order valence-corrected chi connectivity index (χ2v) is 11.2. The van der Waals surface area contributed by atoms with Crippen LogP contribution in [0.4, 0.5) is 0 Å². The average molecular weight is 576 g/mol. The number of fused-ring (bicyclic) bond motifs is 6. The molecule has 4 aromatic carbocycles. The van der Waals surface area contributed by atoms with Gasteiger partial charge >= 0.3 is 0 Å². The molecule has 0 spiro atoms. The average Bonchev–Trinajstić information content (AvgIpc) is 3.46. The molecule has 5 nitrogen and oxygen atoms in total. The largest absolute Gasteiger partial charge is 0.294 e.